The molecule has 0 spiro atoms. The summed E-state index contributed by atoms with van der Waals surface area (Å²) < 4.78 is 0. The first-order valence-corrected chi connectivity index (χ1v) is 4.38. The second-order valence-corrected chi connectivity index (χ2v) is 3.09. The molecule has 0 fully saturated rings. The summed E-state index contributed by atoms with van der Waals surface area (Å²) in [5.74, 6) is 0. The van der Waals surface area contributed by atoms with Crippen LogP contribution in [0.5, 0.6) is 0 Å². The molecule has 12 heavy (non-hydrogen) atoms. The maximum absolute atomic E-state index is 2.23. The Morgan fingerprint density at radius 1 is 1.17 bits per heavy atom. The molecule has 0 bridgehead atoms. The maximum Gasteiger partial charge on any atom is 2.00 e. The quantitative estimate of drug-likeness (QED) is 0.618. The van der Waals surface area contributed by atoms with E-state index in [1.165, 1.54) is 30.4 Å². The van der Waals surface area contributed by atoms with Crippen LogP contribution in [-0.4, -0.2) is 23.1 Å². The third-order valence-electron chi connectivity index (χ3n) is 1.94. The first kappa shape index (κ1) is 12.0. The molecule has 64 valence electrons. The van der Waals surface area contributed by atoms with Gasteiger partial charge in [0.15, 0.2) is 0 Å². The van der Waals surface area contributed by atoms with Crippen molar-refractivity contribution in [1.82, 2.24) is 0 Å². The third-order valence-corrected chi connectivity index (χ3v) is 1.94. The van der Waals surface area contributed by atoms with E-state index in [4.69, 9.17) is 0 Å². The number of rotatable bonds is 3. The van der Waals surface area contributed by atoms with E-state index in [2.05, 4.69) is 38.1 Å². The van der Waals surface area contributed by atoms with Gasteiger partial charge in [0.2, 0.25) is 0 Å². The van der Waals surface area contributed by atoms with Gasteiger partial charge in [-0.3, -0.25) is 0 Å². The maximum atomic E-state index is 2.23. The van der Waals surface area contributed by atoms with Crippen LogP contribution >= 0.6 is 0 Å². The molecule has 1 heteroatoms. The zero-order chi connectivity index (χ0) is 8.10. The van der Waals surface area contributed by atoms with Gasteiger partial charge in [-0.25, -0.2) is 0 Å². The SMILES string of the molecule is CCCCc1ccc(C)cc1.[H-].[H-].[Mg+2]. The van der Waals surface area contributed by atoms with Gasteiger partial charge in [-0.1, -0.05) is 43.2 Å². The number of aryl methyl sites for hydroxylation is 2. The first-order chi connectivity index (χ1) is 5.33. The van der Waals surface area contributed by atoms with Crippen LogP contribution in [0.2, 0.25) is 0 Å². The third kappa shape index (κ3) is 4.12. The van der Waals surface area contributed by atoms with E-state index in [-0.39, 0.29) is 25.9 Å². The molecule has 0 aromatic heterocycles. The van der Waals surface area contributed by atoms with Crippen molar-refractivity contribution in [2.75, 3.05) is 0 Å². The summed E-state index contributed by atoms with van der Waals surface area (Å²) >= 11 is 0. The molecule has 0 unspecified atom stereocenters. The Balaban J connectivity index is -0.000000403. The van der Waals surface area contributed by atoms with Crippen molar-refractivity contribution in [1.29, 1.82) is 0 Å². The Morgan fingerprint density at radius 3 is 2.25 bits per heavy atom. The van der Waals surface area contributed by atoms with Crippen LogP contribution in [0.15, 0.2) is 24.3 Å². The van der Waals surface area contributed by atoms with Crippen molar-refractivity contribution in [2.45, 2.75) is 33.1 Å². The zero-order valence-corrected chi connectivity index (χ0v) is 9.55. The molecule has 0 amide bonds. The minimum atomic E-state index is 0. The summed E-state index contributed by atoms with van der Waals surface area (Å²) in [6, 6.07) is 8.83. The van der Waals surface area contributed by atoms with Crippen molar-refractivity contribution in [3.63, 3.8) is 0 Å². The van der Waals surface area contributed by atoms with Gasteiger partial charge in [-0.15, -0.1) is 0 Å². The van der Waals surface area contributed by atoms with Crippen molar-refractivity contribution < 1.29 is 2.85 Å². The van der Waals surface area contributed by atoms with Crippen LogP contribution in [0.1, 0.15) is 33.7 Å². The second kappa shape index (κ2) is 6.50. The van der Waals surface area contributed by atoms with Crippen LogP contribution in [0, 0.1) is 6.92 Å². The van der Waals surface area contributed by atoms with E-state index in [0.717, 1.165) is 0 Å². The standard InChI is InChI=1S/C11H16.Mg.2H/c1-3-4-5-11-8-6-10(2)7-9-11;;;/h6-9H,3-5H2,1-2H3;;;/q;+2;2*-1. The van der Waals surface area contributed by atoms with Crippen molar-refractivity contribution in [2.24, 2.45) is 0 Å². The number of hydrogen-bond donors (Lipinski definition) is 0. The average Bonchev–Trinajstić information content (AvgIpc) is 2.04. The normalized spacial score (nSPS) is 9.17. The minimum absolute atomic E-state index is 0. The minimum Gasteiger partial charge on any atom is -1.00 e. The van der Waals surface area contributed by atoms with E-state index < -0.39 is 0 Å². The molecular weight excluding hydrogens is 156 g/mol. The average molecular weight is 175 g/mol. The molecule has 0 N–H and O–H groups in total. The molecule has 1 rings (SSSR count). The van der Waals surface area contributed by atoms with Crippen molar-refractivity contribution in [3.8, 4) is 0 Å². The van der Waals surface area contributed by atoms with E-state index in [1.54, 1.807) is 0 Å². The predicted octanol–water partition coefficient (Wildman–Crippen LogP) is 3.18. The van der Waals surface area contributed by atoms with Gasteiger partial charge in [0.1, 0.15) is 0 Å². The van der Waals surface area contributed by atoms with Gasteiger partial charge in [-0.05, 0) is 25.3 Å². The Hall–Kier alpha value is -0.0138. The fourth-order valence-electron chi connectivity index (χ4n) is 1.14. The predicted molar refractivity (Wildman–Crippen MR) is 57.8 cm³/mol. The van der Waals surface area contributed by atoms with Crippen LogP contribution in [0.4, 0.5) is 0 Å². The van der Waals surface area contributed by atoms with Crippen molar-refractivity contribution in [3.05, 3.63) is 35.4 Å². The summed E-state index contributed by atoms with van der Waals surface area (Å²) in [6.45, 7) is 4.36. The molecule has 0 nitrogen and oxygen atoms in total. The molecular formula is C11H18Mg. The van der Waals surface area contributed by atoms with E-state index in [1.807, 2.05) is 0 Å². The Bertz CT molecular complexity index is 209. The second-order valence-electron chi connectivity index (χ2n) is 3.09. The first-order valence-electron chi connectivity index (χ1n) is 4.38. The number of benzene rings is 1. The van der Waals surface area contributed by atoms with Crippen LogP contribution in [0.25, 0.3) is 0 Å². The van der Waals surface area contributed by atoms with Crippen LogP contribution < -0.4 is 0 Å². The summed E-state index contributed by atoms with van der Waals surface area (Å²) in [5.41, 5.74) is 2.82. The Morgan fingerprint density at radius 2 is 1.75 bits per heavy atom. The Labute approximate surface area is 94.5 Å². The smallest absolute Gasteiger partial charge is 1.00 e. The topological polar surface area (TPSA) is 0 Å². The molecule has 0 aliphatic carbocycles. The number of unbranched alkanes of at least 4 members (excludes halogenated alkanes) is 1. The molecule has 0 aliphatic heterocycles. The van der Waals surface area contributed by atoms with Crippen LogP contribution in [-0.2, 0) is 6.42 Å². The van der Waals surface area contributed by atoms with Gasteiger partial charge in [0.25, 0.3) is 0 Å². The van der Waals surface area contributed by atoms with E-state index >= 15 is 0 Å². The fraction of sp³-hybridized carbons (Fsp3) is 0.455. The molecule has 0 radical (unpaired) electrons. The van der Waals surface area contributed by atoms with Gasteiger partial charge in [0, 0.05) is 0 Å². The molecule has 0 aliphatic rings. The van der Waals surface area contributed by atoms with Gasteiger partial charge < -0.3 is 2.85 Å². The molecule has 0 atom stereocenters. The van der Waals surface area contributed by atoms with E-state index in [0.29, 0.717) is 0 Å². The summed E-state index contributed by atoms with van der Waals surface area (Å²) in [4.78, 5) is 0. The monoisotopic (exact) mass is 174 g/mol. The fourth-order valence-corrected chi connectivity index (χ4v) is 1.14. The van der Waals surface area contributed by atoms with Crippen LogP contribution in [0.3, 0.4) is 0 Å². The summed E-state index contributed by atoms with van der Waals surface area (Å²) in [7, 11) is 0. The zero-order valence-electron chi connectivity index (χ0n) is 10.1. The van der Waals surface area contributed by atoms with Gasteiger partial charge in [-0.2, -0.15) is 0 Å². The van der Waals surface area contributed by atoms with E-state index in [9.17, 15) is 0 Å². The summed E-state index contributed by atoms with van der Waals surface area (Å²) in [6.07, 6.45) is 3.83. The largest absolute Gasteiger partial charge is 2.00 e. The summed E-state index contributed by atoms with van der Waals surface area (Å²) in [5, 5.41) is 0. The Kier molecular flexibility index (Phi) is 6.49. The molecule has 1 aromatic rings. The molecule has 0 saturated heterocycles. The number of hydrogen-bond acceptors (Lipinski definition) is 0. The molecule has 1 aromatic carbocycles. The molecule has 0 saturated carbocycles. The van der Waals surface area contributed by atoms with Gasteiger partial charge in [0.05, 0.1) is 0 Å². The van der Waals surface area contributed by atoms with Gasteiger partial charge >= 0.3 is 23.1 Å². The van der Waals surface area contributed by atoms with Crippen molar-refractivity contribution >= 4 is 23.1 Å². The molecule has 0 heterocycles.